The van der Waals surface area contributed by atoms with Crippen LogP contribution in [0.2, 0.25) is 0 Å². The molecule has 0 spiro atoms. The summed E-state index contributed by atoms with van der Waals surface area (Å²) < 4.78 is 0. The number of nitrogens with two attached hydrogens (primary N) is 2. The fourth-order valence-corrected chi connectivity index (χ4v) is 1.01. The zero-order valence-corrected chi connectivity index (χ0v) is 7.40. The Morgan fingerprint density at radius 1 is 1.50 bits per heavy atom. The number of carbonyl (C=O) groups is 1. The third-order valence-corrected chi connectivity index (χ3v) is 1.64. The predicted molar refractivity (Wildman–Crippen MR) is 55.3 cm³/mol. The minimum absolute atomic E-state index is 0.550. The van der Waals surface area contributed by atoms with Crippen molar-refractivity contribution in [2.24, 2.45) is 5.84 Å². The van der Waals surface area contributed by atoms with Crippen LogP contribution in [0.3, 0.4) is 0 Å². The standard InChI is InChI=1S/C9H11N3O2/c10-7-2-3-8(12-11)6(5-7)1-4-9(13)14/h1-5,12H,10-11H2,(H,13,14)/b4-1+. The van der Waals surface area contributed by atoms with Gasteiger partial charge in [0, 0.05) is 17.3 Å². The highest BCUT2D eigenvalue weighted by atomic mass is 16.4. The molecule has 6 N–H and O–H groups in total. The molecule has 0 saturated carbocycles. The van der Waals surface area contributed by atoms with E-state index in [-0.39, 0.29) is 0 Å². The quantitative estimate of drug-likeness (QED) is 0.244. The minimum Gasteiger partial charge on any atom is -0.478 e. The Balaban J connectivity index is 3.04. The van der Waals surface area contributed by atoms with E-state index < -0.39 is 5.97 Å². The van der Waals surface area contributed by atoms with Crippen LogP contribution in [0.4, 0.5) is 11.4 Å². The van der Waals surface area contributed by atoms with Crippen molar-refractivity contribution in [3.8, 4) is 0 Å². The molecule has 0 heterocycles. The average molecular weight is 193 g/mol. The molecule has 0 atom stereocenters. The first kappa shape index (κ1) is 10.1. The lowest BCUT2D eigenvalue weighted by molar-refractivity contribution is -0.131. The van der Waals surface area contributed by atoms with Crippen LogP contribution >= 0.6 is 0 Å². The molecule has 0 bridgehead atoms. The Morgan fingerprint density at radius 3 is 2.79 bits per heavy atom. The fraction of sp³-hybridized carbons (Fsp3) is 0. The van der Waals surface area contributed by atoms with Crippen LogP contribution in [-0.4, -0.2) is 11.1 Å². The second-order valence-corrected chi connectivity index (χ2v) is 2.66. The van der Waals surface area contributed by atoms with Gasteiger partial charge in [-0.1, -0.05) is 0 Å². The van der Waals surface area contributed by atoms with E-state index in [0.717, 1.165) is 6.08 Å². The number of aliphatic carboxylic acids is 1. The van der Waals surface area contributed by atoms with Gasteiger partial charge in [0.05, 0.1) is 5.69 Å². The maximum absolute atomic E-state index is 10.3. The zero-order valence-electron chi connectivity index (χ0n) is 7.40. The fourth-order valence-electron chi connectivity index (χ4n) is 1.01. The van der Waals surface area contributed by atoms with Crippen molar-refractivity contribution in [2.75, 3.05) is 11.2 Å². The van der Waals surface area contributed by atoms with Crippen molar-refractivity contribution in [2.45, 2.75) is 0 Å². The van der Waals surface area contributed by atoms with Crippen molar-refractivity contribution in [1.82, 2.24) is 0 Å². The first-order valence-corrected chi connectivity index (χ1v) is 3.90. The minimum atomic E-state index is -1.02. The first-order valence-electron chi connectivity index (χ1n) is 3.90. The molecule has 0 fully saturated rings. The number of nitrogen functional groups attached to an aromatic ring is 2. The summed E-state index contributed by atoms with van der Waals surface area (Å²) in [5.74, 6) is 4.22. The van der Waals surface area contributed by atoms with Gasteiger partial charge in [0.2, 0.25) is 0 Å². The van der Waals surface area contributed by atoms with Gasteiger partial charge in [0.15, 0.2) is 0 Å². The molecule has 0 saturated heterocycles. The molecule has 0 aliphatic rings. The molecule has 1 rings (SSSR count). The molecule has 0 radical (unpaired) electrons. The molecule has 0 unspecified atom stereocenters. The number of anilines is 2. The number of carboxylic acid groups (broad SMARTS) is 1. The molecule has 14 heavy (non-hydrogen) atoms. The van der Waals surface area contributed by atoms with Crippen molar-refractivity contribution in [3.63, 3.8) is 0 Å². The molecular formula is C9H11N3O2. The lowest BCUT2D eigenvalue weighted by Crippen LogP contribution is -2.08. The zero-order chi connectivity index (χ0) is 10.6. The highest BCUT2D eigenvalue weighted by Gasteiger charge is 1.98. The summed E-state index contributed by atoms with van der Waals surface area (Å²) in [6, 6.07) is 4.98. The Kier molecular flexibility index (Phi) is 3.09. The number of hydrogen-bond acceptors (Lipinski definition) is 4. The molecule has 5 heteroatoms. The molecule has 0 amide bonds. The van der Waals surface area contributed by atoms with Gasteiger partial charge in [0.1, 0.15) is 0 Å². The van der Waals surface area contributed by atoms with Gasteiger partial charge in [0.25, 0.3) is 0 Å². The number of nitrogens with one attached hydrogen (secondary N) is 1. The van der Waals surface area contributed by atoms with Gasteiger partial charge in [-0.05, 0) is 24.3 Å². The smallest absolute Gasteiger partial charge is 0.328 e. The van der Waals surface area contributed by atoms with Gasteiger partial charge in [-0.3, -0.25) is 5.84 Å². The molecule has 1 aromatic carbocycles. The predicted octanol–water partition coefficient (Wildman–Crippen LogP) is 0.652. The summed E-state index contributed by atoms with van der Waals surface area (Å²) >= 11 is 0. The van der Waals surface area contributed by atoms with Gasteiger partial charge in [-0.15, -0.1) is 0 Å². The Bertz CT molecular complexity index is 374. The van der Waals surface area contributed by atoms with Crippen LogP contribution in [0.15, 0.2) is 24.3 Å². The summed E-state index contributed by atoms with van der Waals surface area (Å²) in [7, 11) is 0. The normalized spacial score (nSPS) is 10.4. The number of benzene rings is 1. The number of carboxylic acids is 1. The van der Waals surface area contributed by atoms with Gasteiger partial charge in [-0.2, -0.15) is 0 Å². The summed E-state index contributed by atoms with van der Waals surface area (Å²) in [5, 5.41) is 8.44. The summed E-state index contributed by atoms with van der Waals surface area (Å²) in [6.45, 7) is 0. The summed E-state index contributed by atoms with van der Waals surface area (Å²) in [4.78, 5) is 10.3. The van der Waals surface area contributed by atoms with Crippen LogP contribution in [0.1, 0.15) is 5.56 Å². The van der Waals surface area contributed by atoms with Crippen LogP contribution in [0, 0.1) is 0 Å². The molecular weight excluding hydrogens is 182 g/mol. The molecule has 5 nitrogen and oxygen atoms in total. The van der Waals surface area contributed by atoms with Gasteiger partial charge >= 0.3 is 5.97 Å². The second-order valence-electron chi connectivity index (χ2n) is 2.66. The van der Waals surface area contributed by atoms with Gasteiger partial charge in [-0.25, -0.2) is 4.79 Å². The molecule has 1 aromatic rings. The van der Waals surface area contributed by atoms with E-state index in [1.165, 1.54) is 6.08 Å². The van der Waals surface area contributed by atoms with E-state index in [1.807, 2.05) is 0 Å². The van der Waals surface area contributed by atoms with Crippen LogP contribution in [0.5, 0.6) is 0 Å². The summed E-state index contributed by atoms with van der Waals surface area (Å²) in [5.41, 5.74) is 9.79. The maximum Gasteiger partial charge on any atom is 0.328 e. The van der Waals surface area contributed by atoms with Crippen LogP contribution < -0.4 is 17.0 Å². The van der Waals surface area contributed by atoms with Crippen molar-refractivity contribution in [3.05, 3.63) is 29.8 Å². The van der Waals surface area contributed by atoms with E-state index in [1.54, 1.807) is 18.2 Å². The molecule has 0 aliphatic carbocycles. The monoisotopic (exact) mass is 193 g/mol. The van der Waals surface area contributed by atoms with E-state index in [9.17, 15) is 4.79 Å². The third kappa shape index (κ3) is 2.49. The molecule has 0 aliphatic heterocycles. The second kappa shape index (κ2) is 4.29. The Morgan fingerprint density at radius 2 is 2.21 bits per heavy atom. The number of hydrogen-bond donors (Lipinski definition) is 4. The van der Waals surface area contributed by atoms with Crippen molar-refractivity contribution in [1.29, 1.82) is 0 Å². The maximum atomic E-state index is 10.3. The SMILES string of the molecule is NNc1ccc(N)cc1/C=C/C(=O)O. The first-order chi connectivity index (χ1) is 6.63. The number of rotatable bonds is 3. The Labute approximate surface area is 81.0 Å². The highest BCUT2D eigenvalue weighted by Crippen LogP contribution is 2.19. The van der Waals surface area contributed by atoms with Gasteiger partial charge < -0.3 is 16.3 Å². The largest absolute Gasteiger partial charge is 0.478 e. The van der Waals surface area contributed by atoms with E-state index in [4.69, 9.17) is 16.7 Å². The Hall–Kier alpha value is -2.01. The van der Waals surface area contributed by atoms with E-state index in [0.29, 0.717) is 16.9 Å². The van der Waals surface area contributed by atoms with Crippen LogP contribution in [-0.2, 0) is 4.79 Å². The summed E-state index contributed by atoms with van der Waals surface area (Å²) in [6.07, 6.45) is 2.45. The van der Waals surface area contributed by atoms with Crippen molar-refractivity contribution >= 4 is 23.4 Å². The average Bonchev–Trinajstić information content (AvgIpc) is 2.15. The molecule has 0 aromatic heterocycles. The van der Waals surface area contributed by atoms with E-state index >= 15 is 0 Å². The highest BCUT2D eigenvalue weighted by molar-refractivity contribution is 5.87. The molecule has 74 valence electrons. The lowest BCUT2D eigenvalue weighted by Gasteiger charge is -2.05. The topological polar surface area (TPSA) is 101 Å². The third-order valence-electron chi connectivity index (χ3n) is 1.64. The van der Waals surface area contributed by atoms with E-state index in [2.05, 4.69) is 5.43 Å². The van der Waals surface area contributed by atoms with Crippen LogP contribution in [0.25, 0.3) is 6.08 Å². The lowest BCUT2D eigenvalue weighted by atomic mass is 10.1. The van der Waals surface area contributed by atoms with Crippen molar-refractivity contribution < 1.29 is 9.90 Å². The number of hydrazine groups is 1.